The topological polar surface area (TPSA) is 106 Å². The van der Waals surface area contributed by atoms with Gasteiger partial charge >= 0.3 is 0 Å². The van der Waals surface area contributed by atoms with E-state index in [1.807, 2.05) is 67.7 Å². The van der Waals surface area contributed by atoms with Crippen LogP contribution in [0.4, 0.5) is 5.82 Å². The van der Waals surface area contributed by atoms with E-state index in [1.165, 1.54) is 11.3 Å². The lowest BCUT2D eigenvalue weighted by atomic mass is 10.1. The van der Waals surface area contributed by atoms with E-state index in [0.29, 0.717) is 29.0 Å². The van der Waals surface area contributed by atoms with Crippen LogP contribution in [-0.4, -0.2) is 38.3 Å². The molecule has 4 rings (SSSR count). The molecule has 33 heavy (non-hydrogen) atoms. The first-order valence-electron chi connectivity index (χ1n) is 10.9. The number of ether oxygens (including phenoxy) is 1. The molecule has 2 heterocycles. The molecule has 1 amide bonds. The third-order valence-electron chi connectivity index (χ3n) is 5.44. The van der Waals surface area contributed by atoms with Crippen LogP contribution in [0.25, 0.3) is 22.2 Å². The maximum atomic E-state index is 12.8. The summed E-state index contributed by atoms with van der Waals surface area (Å²) in [5, 5.41) is 12.4. The molecular formula is C25H27N5O3. The predicted octanol–water partition coefficient (Wildman–Crippen LogP) is 4.12. The van der Waals surface area contributed by atoms with Gasteiger partial charge in [0.15, 0.2) is 5.65 Å². The number of aliphatic hydroxyl groups is 1. The Labute approximate surface area is 192 Å². The summed E-state index contributed by atoms with van der Waals surface area (Å²) < 4.78 is 7.56. The van der Waals surface area contributed by atoms with Gasteiger partial charge in [-0.25, -0.2) is 19.7 Å². The van der Waals surface area contributed by atoms with Crippen molar-refractivity contribution in [3.8, 4) is 22.6 Å². The number of hydrogen-bond donors (Lipinski definition) is 2. The Balaban J connectivity index is 1.76. The number of hydrogen-bond acceptors (Lipinski definition) is 6. The SMILES string of the molecule is CCC(=O)N(CC(O)CC)n1cc(-c2ccc(Oc3ccccc3)cc2)c2c(N)ncnc21. The van der Waals surface area contributed by atoms with Gasteiger partial charge in [-0.15, -0.1) is 0 Å². The van der Waals surface area contributed by atoms with Crippen molar-refractivity contribution >= 4 is 22.8 Å². The van der Waals surface area contributed by atoms with E-state index in [1.54, 1.807) is 11.6 Å². The molecule has 0 spiro atoms. The summed E-state index contributed by atoms with van der Waals surface area (Å²) in [6.07, 6.45) is 3.35. The molecule has 1 unspecified atom stereocenters. The summed E-state index contributed by atoms with van der Waals surface area (Å²) in [7, 11) is 0. The Hall–Kier alpha value is -3.91. The fourth-order valence-corrected chi connectivity index (χ4v) is 3.62. The monoisotopic (exact) mass is 445 g/mol. The van der Waals surface area contributed by atoms with Crippen LogP contribution in [0.1, 0.15) is 26.7 Å². The minimum Gasteiger partial charge on any atom is -0.457 e. The quantitative estimate of drug-likeness (QED) is 0.423. The lowest BCUT2D eigenvalue weighted by Gasteiger charge is -2.26. The van der Waals surface area contributed by atoms with Gasteiger partial charge in [-0.3, -0.25) is 4.79 Å². The summed E-state index contributed by atoms with van der Waals surface area (Å²) in [6.45, 7) is 3.81. The summed E-state index contributed by atoms with van der Waals surface area (Å²) in [5.41, 5.74) is 8.40. The molecule has 0 fully saturated rings. The zero-order valence-electron chi connectivity index (χ0n) is 18.7. The normalized spacial score (nSPS) is 12.0. The number of nitrogens with two attached hydrogens (primary N) is 1. The van der Waals surface area contributed by atoms with Gasteiger partial charge in [-0.05, 0) is 36.2 Å². The average Bonchev–Trinajstić information content (AvgIpc) is 3.23. The van der Waals surface area contributed by atoms with Crippen LogP contribution in [0.3, 0.4) is 0 Å². The van der Waals surface area contributed by atoms with Crippen molar-refractivity contribution in [3.05, 3.63) is 67.1 Å². The number of carbonyl (C=O) groups excluding carboxylic acids is 1. The van der Waals surface area contributed by atoms with Crippen molar-refractivity contribution in [2.75, 3.05) is 17.3 Å². The number of nitrogen functional groups attached to an aromatic ring is 1. The highest BCUT2D eigenvalue weighted by molar-refractivity contribution is 6.02. The first kappa shape index (κ1) is 22.3. The van der Waals surface area contributed by atoms with Gasteiger partial charge in [-0.2, -0.15) is 0 Å². The Kier molecular flexibility index (Phi) is 6.55. The van der Waals surface area contributed by atoms with Gasteiger partial charge in [0.05, 0.1) is 18.0 Å². The van der Waals surface area contributed by atoms with E-state index < -0.39 is 6.10 Å². The number of fused-ring (bicyclic) bond motifs is 1. The van der Waals surface area contributed by atoms with Crippen molar-refractivity contribution in [3.63, 3.8) is 0 Å². The molecule has 2 aromatic carbocycles. The number of aliphatic hydroxyl groups excluding tert-OH is 1. The fraction of sp³-hybridized carbons (Fsp3) is 0.240. The van der Waals surface area contributed by atoms with Crippen molar-refractivity contribution in [1.29, 1.82) is 0 Å². The Morgan fingerprint density at radius 3 is 2.45 bits per heavy atom. The van der Waals surface area contributed by atoms with E-state index in [9.17, 15) is 9.90 Å². The summed E-state index contributed by atoms with van der Waals surface area (Å²) in [4.78, 5) is 21.3. The summed E-state index contributed by atoms with van der Waals surface area (Å²) >= 11 is 0. The second-order valence-corrected chi connectivity index (χ2v) is 7.68. The number of para-hydroxylation sites is 1. The Morgan fingerprint density at radius 2 is 1.79 bits per heavy atom. The Bertz CT molecular complexity index is 1240. The molecule has 3 N–H and O–H groups in total. The number of carbonyl (C=O) groups is 1. The summed E-state index contributed by atoms with van der Waals surface area (Å²) in [5.74, 6) is 1.64. The van der Waals surface area contributed by atoms with Crippen LogP contribution in [0.2, 0.25) is 0 Å². The number of anilines is 1. The molecular weight excluding hydrogens is 418 g/mol. The number of amides is 1. The molecule has 0 aliphatic carbocycles. The maximum Gasteiger partial charge on any atom is 0.241 e. The standard InChI is InChI=1S/C25H27N5O3/c1-3-18(31)14-29(22(32)4-2)30-15-21(23-24(26)27-16-28-25(23)30)17-10-12-20(13-11-17)33-19-8-6-5-7-9-19/h5-13,15-16,18,31H,3-4,14H2,1-2H3,(H2,26,27,28). The van der Waals surface area contributed by atoms with Crippen LogP contribution >= 0.6 is 0 Å². The zero-order chi connectivity index (χ0) is 23.4. The number of aromatic nitrogens is 3. The second-order valence-electron chi connectivity index (χ2n) is 7.68. The first-order valence-corrected chi connectivity index (χ1v) is 10.9. The lowest BCUT2D eigenvalue weighted by molar-refractivity contribution is -0.120. The minimum absolute atomic E-state index is 0.130. The predicted molar refractivity (Wildman–Crippen MR) is 129 cm³/mol. The Morgan fingerprint density at radius 1 is 1.09 bits per heavy atom. The van der Waals surface area contributed by atoms with E-state index in [0.717, 1.165) is 16.9 Å². The second kappa shape index (κ2) is 9.70. The average molecular weight is 446 g/mol. The molecule has 0 saturated heterocycles. The van der Waals surface area contributed by atoms with Gasteiger partial charge in [0.25, 0.3) is 0 Å². The molecule has 1 atom stereocenters. The third-order valence-corrected chi connectivity index (χ3v) is 5.44. The van der Waals surface area contributed by atoms with Crippen molar-refractivity contribution in [2.24, 2.45) is 0 Å². The number of rotatable bonds is 8. The van der Waals surface area contributed by atoms with E-state index >= 15 is 0 Å². The van der Waals surface area contributed by atoms with Crippen molar-refractivity contribution in [1.82, 2.24) is 14.6 Å². The van der Waals surface area contributed by atoms with E-state index in [-0.39, 0.29) is 18.9 Å². The van der Waals surface area contributed by atoms with Gasteiger partial charge < -0.3 is 15.6 Å². The molecule has 0 saturated carbocycles. The minimum atomic E-state index is -0.657. The molecule has 0 bridgehead atoms. The lowest BCUT2D eigenvalue weighted by Crippen LogP contribution is -2.44. The van der Waals surface area contributed by atoms with Crippen LogP contribution < -0.4 is 15.5 Å². The highest BCUT2D eigenvalue weighted by Gasteiger charge is 2.23. The van der Waals surface area contributed by atoms with Crippen LogP contribution in [0.15, 0.2) is 67.1 Å². The van der Waals surface area contributed by atoms with E-state index in [2.05, 4.69) is 9.97 Å². The highest BCUT2D eigenvalue weighted by Crippen LogP contribution is 2.34. The molecule has 0 radical (unpaired) electrons. The van der Waals surface area contributed by atoms with Crippen LogP contribution in [-0.2, 0) is 4.79 Å². The van der Waals surface area contributed by atoms with E-state index in [4.69, 9.17) is 10.5 Å². The molecule has 0 aliphatic rings. The highest BCUT2D eigenvalue weighted by atomic mass is 16.5. The van der Waals surface area contributed by atoms with Gasteiger partial charge in [-0.1, -0.05) is 44.2 Å². The molecule has 8 nitrogen and oxygen atoms in total. The van der Waals surface area contributed by atoms with Crippen molar-refractivity contribution < 1.29 is 14.6 Å². The third kappa shape index (κ3) is 4.65. The van der Waals surface area contributed by atoms with Crippen LogP contribution in [0.5, 0.6) is 11.5 Å². The number of nitrogens with zero attached hydrogens (tertiary/aromatic N) is 4. The molecule has 8 heteroatoms. The fourth-order valence-electron chi connectivity index (χ4n) is 3.62. The molecule has 0 aliphatic heterocycles. The largest absolute Gasteiger partial charge is 0.457 e. The maximum absolute atomic E-state index is 12.8. The van der Waals surface area contributed by atoms with Crippen LogP contribution in [0, 0.1) is 0 Å². The van der Waals surface area contributed by atoms with Gasteiger partial charge in [0.2, 0.25) is 5.91 Å². The molecule has 170 valence electrons. The zero-order valence-corrected chi connectivity index (χ0v) is 18.7. The smallest absolute Gasteiger partial charge is 0.241 e. The molecule has 4 aromatic rings. The summed E-state index contributed by atoms with van der Waals surface area (Å²) in [6, 6.07) is 17.2. The molecule has 2 aromatic heterocycles. The number of benzene rings is 2. The van der Waals surface area contributed by atoms with Gasteiger partial charge in [0, 0.05) is 18.2 Å². The van der Waals surface area contributed by atoms with Crippen molar-refractivity contribution in [2.45, 2.75) is 32.8 Å². The van der Waals surface area contributed by atoms with Gasteiger partial charge in [0.1, 0.15) is 23.6 Å². The first-order chi connectivity index (χ1) is 16.0.